The molecule has 1 N–H and O–H groups in total. The van der Waals surface area contributed by atoms with Crippen LogP contribution < -0.4 is 5.32 Å². The number of aromatic nitrogens is 1. The molecule has 4 nitrogen and oxygen atoms in total. The lowest BCUT2D eigenvalue weighted by atomic mass is 10.1. The maximum atomic E-state index is 12.5. The standard InChI is InChI=1S/C17H15ClN2O2S/c1-9-10(2)22-11(3)15(9)16(21)20-17-19-14(8-23-17)12-6-4-5-7-13(12)18/h4-8H,1-3H3,(H,19,20,21). The summed E-state index contributed by atoms with van der Waals surface area (Å²) in [6.45, 7) is 5.50. The minimum Gasteiger partial charge on any atom is -0.466 e. The number of hydrogen-bond donors (Lipinski definition) is 1. The van der Waals surface area contributed by atoms with Crippen LogP contribution in [0.5, 0.6) is 0 Å². The summed E-state index contributed by atoms with van der Waals surface area (Å²) in [4.78, 5) is 16.9. The molecule has 1 amide bonds. The van der Waals surface area contributed by atoms with Gasteiger partial charge in [-0.05, 0) is 26.8 Å². The molecule has 2 aromatic heterocycles. The fourth-order valence-corrected chi connectivity index (χ4v) is 3.35. The van der Waals surface area contributed by atoms with Gasteiger partial charge in [-0.1, -0.05) is 29.8 Å². The predicted molar refractivity (Wildman–Crippen MR) is 93.4 cm³/mol. The van der Waals surface area contributed by atoms with Crippen LogP contribution >= 0.6 is 22.9 Å². The second-order valence-corrected chi connectivity index (χ2v) is 6.45. The Bertz CT molecular complexity index is 883. The Morgan fingerprint density at radius 2 is 1.96 bits per heavy atom. The van der Waals surface area contributed by atoms with Crippen molar-refractivity contribution >= 4 is 34.0 Å². The minimum atomic E-state index is -0.211. The molecule has 0 spiro atoms. The highest BCUT2D eigenvalue weighted by atomic mass is 35.5. The minimum absolute atomic E-state index is 0.211. The molecule has 0 fully saturated rings. The molecular weight excluding hydrogens is 332 g/mol. The van der Waals surface area contributed by atoms with E-state index in [0.717, 1.165) is 22.6 Å². The smallest absolute Gasteiger partial charge is 0.261 e. The summed E-state index contributed by atoms with van der Waals surface area (Å²) >= 11 is 7.54. The maximum Gasteiger partial charge on any atom is 0.261 e. The van der Waals surface area contributed by atoms with E-state index in [-0.39, 0.29) is 5.91 Å². The Labute approximate surface area is 143 Å². The Balaban J connectivity index is 1.85. The zero-order chi connectivity index (χ0) is 16.6. The van der Waals surface area contributed by atoms with Crippen molar-refractivity contribution in [2.75, 3.05) is 5.32 Å². The number of anilines is 1. The topological polar surface area (TPSA) is 55.1 Å². The van der Waals surface area contributed by atoms with Crippen molar-refractivity contribution in [3.05, 3.63) is 57.3 Å². The number of amides is 1. The van der Waals surface area contributed by atoms with Crippen molar-refractivity contribution < 1.29 is 9.21 Å². The van der Waals surface area contributed by atoms with Crippen molar-refractivity contribution in [1.29, 1.82) is 0 Å². The van der Waals surface area contributed by atoms with Crippen molar-refractivity contribution in [3.63, 3.8) is 0 Å². The van der Waals surface area contributed by atoms with Crippen LogP contribution in [0.1, 0.15) is 27.4 Å². The first-order valence-electron chi connectivity index (χ1n) is 7.05. The van der Waals surface area contributed by atoms with Gasteiger partial charge in [0, 0.05) is 21.5 Å². The van der Waals surface area contributed by atoms with Crippen molar-refractivity contribution in [1.82, 2.24) is 4.98 Å². The summed E-state index contributed by atoms with van der Waals surface area (Å²) in [5.41, 5.74) is 3.00. The van der Waals surface area contributed by atoms with Crippen LogP contribution in [0.15, 0.2) is 34.1 Å². The summed E-state index contributed by atoms with van der Waals surface area (Å²) in [5.74, 6) is 1.15. The molecule has 0 aliphatic heterocycles. The highest BCUT2D eigenvalue weighted by Crippen LogP contribution is 2.31. The normalized spacial score (nSPS) is 10.8. The molecule has 23 heavy (non-hydrogen) atoms. The number of hydrogen-bond acceptors (Lipinski definition) is 4. The Morgan fingerprint density at radius 1 is 1.22 bits per heavy atom. The van der Waals surface area contributed by atoms with Gasteiger partial charge in [-0.15, -0.1) is 11.3 Å². The van der Waals surface area contributed by atoms with Gasteiger partial charge in [0.05, 0.1) is 11.3 Å². The number of thiazole rings is 1. The number of carbonyl (C=O) groups excluding carboxylic acids is 1. The number of aryl methyl sites for hydroxylation is 2. The molecule has 0 saturated carbocycles. The number of nitrogens with one attached hydrogen (secondary N) is 1. The van der Waals surface area contributed by atoms with E-state index in [4.69, 9.17) is 16.0 Å². The Hall–Kier alpha value is -2.11. The number of benzene rings is 1. The Kier molecular flexibility index (Phi) is 4.24. The van der Waals surface area contributed by atoms with E-state index in [2.05, 4.69) is 10.3 Å². The molecular formula is C17H15ClN2O2S. The SMILES string of the molecule is Cc1oc(C)c(C(=O)Nc2nc(-c3ccccc3Cl)cs2)c1C. The second-order valence-electron chi connectivity index (χ2n) is 5.19. The van der Waals surface area contributed by atoms with E-state index in [0.29, 0.717) is 21.5 Å². The van der Waals surface area contributed by atoms with Crippen LogP contribution in [0.4, 0.5) is 5.13 Å². The molecule has 6 heteroatoms. The number of nitrogens with zero attached hydrogens (tertiary/aromatic N) is 1. The molecule has 0 bridgehead atoms. The van der Waals surface area contributed by atoms with Gasteiger partial charge in [-0.2, -0.15) is 0 Å². The molecule has 0 aliphatic rings. The van der Waals surface area contributed by atoms with E-state index in [1.807, 2.05) is 43.5 Å². The van der Waals surface area contributed by atoms with E-state index in [9.17, 15) is 4.79 Å². The molecule has 2 heterocycles. The van der Waals surface area contributed by atoms with Crippen LogP contribution in [-0.4, -0.2) is 10.9 Å². The van der Waals surface area contributed by atoms with Gasteiger partial charge in [0.25, 0.3) is 5.91 Å². The molecule has 0 aliphatic carbocycles. The lowest BCUT2D eigenvalue weighted by molar-refractivity contribution is 0.102. The van der Waals surface area contributed by atoms with Gasteiger partial charge >= 0.3 is 0 Å². The molecule has 0 saturated heterocycles. The van der Waals surface area contributed by atoms with E-state index in [1.165, 1.54) is 11.3 Å². The van der Waals surface area contributed by atoms with Crippen LogP contribution in [0.2, 0.25) is 5.02 Å². The van der Waals surface area contributed by atoms with E-state index < -0.39 is 0 Å². The summed E-state index contributed by atoms with van der Waals surface area (Å²) in [7, 11) is 0. The van der Waals surface area contributed by atoms with Crippen molar-refractivity contribution in [2.45, 2.75) is 20.8 Å². The number of rotatable bonds is 3. The fourth-order valence-electron chi connectivity index (χ4n) is 2.41. The van der Waals surface area contributed by atoms with E-state index >= 15 is 0 Å². The van der Waals surface area contributed by atoms with Gasteiger partial charge in [0.1, 0.15) is 11.5 Å². The summed E-state index contributed by atoms with van der Waals surface area (Å²) in [5, 5.41) is 5.86. The monoisotopic (exact) mass is 346 g/mol. The van der Waals surface area contributed by atoms with Gasteiger partial charge in [0.2, 0.25) is 0 Å². The van der Waals surface area contributed by atoms with Gasteiger partial charge < -0.3 is 4.42 Å². The van der Waals surface area contributed by atoms with Crippen molar-refractivity contribution in [3.8, 4) is 11.3 Å². The summed E-state index contributed by atoms with van der Waals surface area (Å²) in [6.07, 6.45) is 0. The average molecular weight is 347 g/mol. The third-order valence-corrected chi connectivity index (χ3v) is 4.75. The Morgan fingerprint density at radius 3 is 2.61 bits per heavy atom. The number of halogens is 1. The number of furan rings is 1. The quantitative estimate of drug-likeness (QED) is 0.706. The molecule has 118 valence electrons. The van der Waals surface area contributed by atoms with Crippen LogP contribution in [0.3, 0.4) is 0 Å². The zero-order valence-electron chi connectivity index (χ0n) is 12.9. The van der Waals surface area contributed by atoms with Crippen LogP contribution in [0, 0.1) is 20.8 Å². The third-order valence-electron chi connectivity index (χ3n) is 3.66. The lowest BCUT2D eigenvalue weighted by Crippen LogP contribution is -2.13. The van der Waals surface area contributed by atoms with Crippen molar-refractivity contribution in [2.24, 2.45) is 0 Å². The zero-order valence-corrected chi connectivity index (χ0v) is 14.5. The lowest BCUT2D eigenvalue weighted by Gasteiger charge is -2.02. The molecule has 0 unspecified atom stereocenters. The first kappa shape index (κ1) is 15.8. The molecule has 1 aromatic carbocycles. The second kappa shape index (κ2) is 6.18. The predicted octanol–water partition coefficient (Wildman–Crippen LogP) is 5.23. The largest absolute Gasteiger partial charge is 0.466 e. The summed E-state index contributed by atoms with van der Waals surface area (Å²) < 4.78 is 5.50. The van der Waals surface area contributed by atoms with Crippen LogP contribution in [0.25, 0.3) is 11.3 Å². The van der Waals surface area contributed by atoms with Gasteiger partial charge in [-0.3, -0.25) is 10.1 Å². The first-order chi connectivity index (χ1) is 11.0. The average Bonchev–Trinajstić information content (AvgIpc) is 3.05. The highest BCUT2D eigenvalue weighted by molar-refractivity contribution is 7.14. The van der Waals surface area contributed by atoms with Gasteiger partial charge in [0.15, 0.2) is 5.13 Å². The number of carbonyl (C=O) groups is 1. The first-order valence-corrected chi connectivity index (χ1v) is 8.31. The van der Waals surface area contributed by atoms with Gasteiger partial charge in [-0.25, -0.2) is 4.98 Å². The van der Waals surface area contributed by atoms with E-state index in [1.54, 1.807) is 6.92 Å². The molecule has 0 radical (unpaired) electrons. The summed E-state index contributed by atoms with van der Waals surface area (Å²) in [6, 6.07) is 7.49. The fraction of sp³-hybridized carbons (Fsp3) is 0.176. The molecule has 3 aromatic rings. The third kappa shape index (κ3) is 3.02. The molecule has 0 atom stereocenters. The maximum absolute atomic E-state index is 12.5. The molecule has 3 rings (SSSR count). The highest BCUT2D eigenvalue weighted by Gasteiger charge is 2.19. The van der Waals surface area contributed by atoms with Crippen LogP contribution in [-0.2, 0) is 0 Å².